The van der Waals surface area contributed by atoms with Crippen molar-refractivity contribution in [3.05, 3.63) is 11.5 Å². The lowest BCUT2D eigenvalue weighted by molar-refractivity contribution is -0.286. The Hall–Kier alpha value is -0.940. The molecule has 1 aliphatic heterocycles. The van der Waals surface area contributed by atoms with Crippen LogP contribution in [0.4, 0.5) is 0 Å². The van der Waals surface area contributed by atoms with Crippen LogP contribution in [0.15, 0.2) is 11.5 Å². The number of rotatable bonds is 7. The zero-order chi connectivity index (χ0) is 18.6. The van der Waals surface area contributed by atoms with Crippen molar-refractivity contribution in [1.29, 1.82) is 0 Å². The third-order valence-corrected chi connectivity index (χ3v) is 3.92. The second-order valence-corrected chi connectivity index (χ2v) is 6.27. The van der Waals surface area contributed by atoms with Gasteiger partial charge in [-0.1, -0.05) is 13.8 Å². The van der Waals surface area contributed by atoms with Gasteiger partial charge >= 0.3 is 0 Å². The van der Waals surface area contributed by atoms with Gasteiger partial charge in [-0.15, -0.1) is 0 Å². The Balaban J connectivity index is 3.06. The van der Waals surface area contributed by atoms with Crippen molar-refractivity contribution in [2.75, 3.05) is 6.61 Å². The first kappa shape index (κ1) is 21.1. The maximum atomic E-state index is 10.2. The number of hydrogen-bond donors (Lipinski definition) is 7. The van der Waals surface area contributed by atoms with Crippen molar-refractivity contribution < 1.29 is 45.2 Å². The van der Waals surface area contributed by atoms with Crippen molar-refractivity contribution in [2.45, 2.75) is 70.1 Å². The lowest BCUT2D eigenvalue weighted by Crippen LogP contribution is -2.57. The quantitative estimate of drug-likeness (QED) is 0.267. The molecule has 0 aromatic rings. The molecular formula is C15H28O9. The highest BCUT2D eigenvalue weighted by Gasteiger charge is 2.44. The van der Waals surface area contributed by atoms with E-state index >= 15 is 0 Å². The van der Waals surface area contributed by atoms with E-state index in [1.807, 2.05) is 0 Å². The molecule has 0 saturated carbocycles. The van der Waals surface area contributed by atoms with Crippen LogP contribution in [0.5, 0.6) is 0 Å². The zero-order valence-electron chi connectivity index (χ0n) is 14.0. The summed E-state index contributed by atoms with van der Waals surface area (Å²) >= 11 is 0. The summed E-state index contributed by atoms with van der Waals surface area (Å²) in [5.41, 5.74) is 0. The van der Waals surface area contributed by atoms with Gasteiger partial charge in [0.25, 0.3) is 0 Å². The molecule has 1 saturated heterocycles. The Morgan fingerprint density at radius 1 is 1.08 bits per heavy atom. The summed E-state index contributed by atoms with van der Waals surface area (Å²) in [7, 11) is 0. The minimum Gasteiger partial charge on any atom is -0.506 e. The molecule has 142 valence electrons. The fourth-order valence-electron chi connectivity index (χ4n) is 2.26. The molecule has 1 aliphatic rings. The van der Waals surface area contributed by atoms with Crippen LogP contribution in [-0.2, 0) is 9.47 Å². The van der Waals surface area contributed by atoms with Crippen LogP contribution in [0.25, 0.3) is 0 Å². The van der Waals surface area contributed by atoms with E-state index in [0.29, 0.717) is 0 Å². The normalized spacial score (nSPS) is 34.7. The summed E-state index contributed by atoms with van der Waals surface area (Å²) in [6.07, 6.45) is -9.87. The third-order valence-electron chi connectivity index (χ3n) is 3.92. The van der Waals surface area contributed by atoms with Crippen LogP contribution in [0, 0.1) is 5.92 Å². The van der Waals surface area contributed by atoms with Crippen LogP contribution in [0.2, 0.25) is 0 Å². The van der Waals surface area contributed by atoms with Crippen molar-refractivity contribution in [3.63, 3.8) is 0 Å². The molecule has 0 aromatic heterocycles. The van der Waals surface area contributed by atoms with Crippen LogP contribution < -0.4 is 0 Å². The molecule has 0 spiro atoms. The molecule has 24 heavy (non-hydrogen) atoms. The highest BCUT2D eigenvalue weighted by atomic mass is 16.7. The monoisotopic (exact) mass is 352 g/mol. The van der Waals surface area contributed by atoms with Gasteiger partial charge in [-0.05, 0) is 12.8 Å². The molecule has 0 radical (unpaired) electrons. The fourth-order valence-corrected chi connectivity index (χ4v) is 2.26. The van der Waals surface area contributed by atoms with Crippen molar-refractivity contribution in [1.82, 2.24) is 0 Å². The first-order valence-corrected chi connectivity index (χ1v) is 7.88. The van der Waals surface area contributed by atoms with E-state index in [1.165, 1.54) is 6.92 Å². The summed E-state index contributed by atoms with van der Waals surface area (Å²) in [6.45, 7) is 4.30. The summed E-state index contributed by atoms with van der Waals surface area (Å²) in [5.74, 6) is -1.52. The van der Waals surface area contributed by atoms with Gasteiger partial charge in [-0.3, -0.25) is 0 Å². The second kappa shape index (κ2) is 8.95. The SMILES string of the molecule is CC(C)C(O)/C(O)=C(\OC1OC(C)C(O)C(O)C1O)C(O)CCO. The second-order valence-electron chi connectivity index (χ2n) is 6.27. The topological polar surface area (TPSA) is 160 Å². The maximum Gasteiger partial charge on any atom is 0.228 e. The Labute approximate surface area is 140 Å². The summed E-state index contributed by atoms with van der Waals surface area (Å²) in [4.78, 5) is 0. The molecule has 0 bridgehead atoms. The van der Waals surface area contributed by atoms with E-state index in [1.54, 1.807) is 13.8 Å². The highest BCUT2D eigenvalue weighted by molar-refractivity contribution is 5.11. The summed E-state index contributed by atoms with van der Waals surface area (Å²) < 4.78 is 10.6. The Morgan fingerprint density at radius 3 is 2.17 bits per heavy atom. The lowest BCUT2D eigenvalue weighted by Gasteiger charge is -2.39. The Morgan fingerprint density at radius 2 is 1.67 bits per heavy atom. The van der Waals surface area contributed by atoms with E-state index in [-0.39, 0.29) is 6.42 Å². The van der Waals surface area contributed by atoms with E-state index in [9.17, 15) is 30.6 Å². The average molecular weight is 352 g/mol. The smallest absolute Gasteiger partial charge is 0.228 e. The predicted molar refractivity (Wildman–Crippen MR) is 81.6 cm³/mol. The highest BCUT2D eigenvalue weighted by Crippen LogP contribution is 2.27. The number of ether oxygens (including phenoxy) is 2. The molecule has 9 heteroatoms. The van der Waals surface area contributed by atoms with Gasteiger partial charge in [0.1, 0.15) is 30.5 Å². The van der Waals surface area contributed by atoms with Gasteiger partial charge in [-0.2, -0.15) is 0 Å². The first-order valence-electron chi connectivity index (χ1n) is 7.88. The Bertz CT molecular complexity index is 425. The number of aliphatic hydroxyl groups is 7. The van der Waals surface area contributed by atoms with E-state index in [0.717, 1.165) is 0 Å². The van der Waals surface area contributed by atoms with Crippen LogP contribution in [0.3, 0.4) is 0 Å². The van der Waals surface area contributed by atoms with Gasteiger partial charge < -0.3 is 45.2 Å². The van der Waals surface area contributed by atoms with Gasteiger partial charge in [0.15, 0.2) is 11.5 Å². The minimum atomic E-state index is -1.64. The van der Waals surface area contributed by atoms with Crippen LogP contribution in [0.1, 0.15) is 27.2 Å². The van der Waals surface area contributed by atoms with Gasteiger partial charge in [0.05, 0.1) is 6.10 Å². The van der Waals surface area contributed by atoms with E-state index in [4.69, 9.17) is 14.6 Å². The van der Waals surface area contributed by atoms with Gasteiger partial charge in [0, 0.05) is 13.0 Å². The average Bonchev–Trinajstić information content (AvgIpc) is 2.53. The third kappa shape index (κ3) is 4.79. The summed E-state index contributed by atoms with van der Waals surface area (Å²) in [6, 6.07) is 0. The molecule has 0 amide bonds. The largest absolute Gasteiger partial charge is 0.506 e. The van der Waals surface area contributed by atoms with Crippen LogP contribution >= 0.6 is 0 Å². The van der Waals surface area contributed by atoms with E-state index < -0.39 is 67.0 Å². The summed E-state index contributed by atoms with van der Waals surface area (Å²) in [5, 5.41) is 68.5. The minimum absolute atomic E-state index is 0.187. The fraction of sp³-hybridized carbons (Fsp3) is 0.867. The molecule has 1 heterocycles. The molecular weight excluding hydrogens is 324 g/mol. The molecule has 0 aromatic carbocycles. The van der Waals surface area contributed by atoms with Crippen LogP contribution in [-0.4, -0.2) is 85.3 Å². The molecule has 9 nitrogen and oxygen atoms in total. The predicted octanol–water partition coefficient (Wildman–Crippen LogP) is -1.64. The van der Waals surface area contributed by atoms with Gasteiger partial charge in [-0.25, -0.2) is 0 Å². The number of hydrogen-bond acceptors (Lipinski definition) is 9. The molecule has 7 atom stereocenters. The molecule has 7 N–H and O–H groups in total. The number of aliphatic hydroxyl groups excluding tert-OH is 7. The molecule has 1 rings (SSSR count). The Kier molecular flexibility index (Phi) is 7.87. The van der Waals surface area contributed by atoms with Crippen molar-refractivity contribution in [3.8, 4) is 0 Å². The zero-order valence-corrected chi connectivity index (χ0v) is 14.0. The van der Waals surface area contributed by atoms with Crippen molar-refractivity contribution in [2.24, 2.45) is 5.92 Å². The lowest BCUT2D eigenvalue weighted by atomic mass is 9.99. The standard InChI is InChI=1S/C15H28O9/c1-6(2)9(18)12(21)14(8(17)4-5-16)24-15-13(22)11(20)10(19)7(3)23-15/h6-11,13,15-22H,4-5H2,1-3H3/b14-12+. The first-order chi connectivity index (χ1) is 11.1. The van der Waals surface area contributed by atoms with Crippen molar-refractivity contribution >= 4 is 0 Å². The molecule has 7 unspecified atom stereocenters. The molecule has 0 aliphatic carbocycles. The maximum absolute atomic E-state index is 10.2. The van der Waals surface area contributed by atoms with E-state index in [2.05, 4.69) is 0 Å². The molecule has 1 fully saturated rings. The van der Waals surface area contributed by atoms with Gasteiger partial charge in [0.2, 0.25) is 6.29 Å².